The number of unbranched alkanes of at least 4 members (excludes halogenated alkanes) is 12. The number of allylic oxidation sites excluding steroid dienone is 10. The predicted molar refractivity (Wildman–Crippen MR) is 217 cm³/mol. The van der Waals surface area contributed by atoms with Gasteiger partial charge in [-0.15, -0.1) is 0 Å². The third-order valence-electron chi connectivity index (χ3n) is 8.26. The summed E-state index contributed by atoms with van der Waals surface area (Å²) in [4.78, 5) is 37.4. The van der Waals surface area contributed by atoms with E-state index in [0.29, 0.717) is 23.9 Å². The smallest absolute Gasteiger partial charge is 0.306 e. The van der Waals surface area contributed by atoms with Gasteiger partial charge in [-0.25, -0.2) is 0 Å². The van der Waals surface area contributed by atoms with Gasteiger partial charge >= 0.3 is 11.9 Å². The van der Waals surface area contributed by atoms with Gasteiger partial charge in [-0.2, -0.15) is 0 Å². The van der Waals surface area contributed by atoms with Crippen molar-refractivity contribution in [1.82, 2.24) is 0 Å². The minimum absolute atomic E-state index is 0.0432. The van der Waals surface area contributed by atoms with Gasteiger partial charge in [-0.1, -0.05) is 120 Å². The number of quaternary nitrogens is 1. The fourth-order valence-corrected chi connectivity index (χ4v) is 5.72. The highest BCUT2D eigenvalue weighted by Crippen LogP contribution is 2.38. The Morgan fingerprint density at radius 3 is 1.58 bits per heavy atom. The van der Waals surface area contributed by atoms with Crippen molar-refractivity contribution in [2.24, 2.45) is 0 Å². The topological polar surface area (TPSA) is 111 Å². The van der Waals surface area contributed by atoms with Crippen molar-refractivity contribution in [3.05, 3.63) is 60.8 Å². The van der Waals surface area contributed by atoms with Crippen LogP contribution in [0.4, 0.5) is 0 Å². The lowest BCUT2D eigenvalue weighted by Crippen LogP contribution is -2.37. The number of carbonyl (C=O) groups excluding carboxylic acids is 2. The van der Waals surface area contributed by atoms with Gasteiger partial charge in [-0.05, 0) is 77.0 Å². The Labute approximate surface area is 324 Å². The Bertz CT molecular complexity index is 1090. The lowest BCUT2D eigenvalue weighted by Gasteiger charge is -2.28. The van der Waals surface area contributed by atoms with Gasteiger partial charge in [0.25, 0.3) is 7.82 Å². The minimum atomic E-state index is -4.64. The molecule has 0 radical (unpaired) electrons. The average Bonchev–Trinajstić information content (AvgIpc) is 3.10. The van der Waals surface area contributed by atoms with E-state index in [2.05, 4.69) is 68.5 Å². The number of likely N-dealkylation sites (N-methyl/N-ethyl adjacent to an activating group) is 1. The average molecular weight is 766 g/mol. The summed E-state index contributed by atoms with van der Waals surface area (Å²) < 4.78 is 33.7. The molecule has 0 aliphatic rings. The Morgan fingerprint density at radius 1 is 0.585 bits per heavy atom. The third-order valence-corrected chi connectivity index (χ3v) is 9.22. The van der Waals surface area contributed by atoms with Crippen LogP contribution in [0.5, 0.6) is 0 Å². The lowest BCUT2D eigenvalue weighted by molar-refractivity contribution is -0.870. The van der Waals surface area contributed by atoms with Crippen LogP contribution in [0.2, 0.25) is 0 Å². The second-order valence-corrected chi connectivity index (χ2v) is 16.1. The quantitative estimate of drug-likeness (QED) is 0.0204. The molecule has 0 aliphatic carbocycles. The highest BCUT2D eigenvalue weighted by molar-refractivity contribution is 7.45. The van der Waals surface area contributed by atoms with Gasteiger partial charge in [0.2, 0.25) is 0 Å². The number of esters is 2. The van der Waals surface area contributed by atoms with Gasteiger partial charge < -0.3 is 27.9 Å². The number of carbonyl (C=O) groups is 2. The first-order valence-corrected chi connectivity index (χ1v) is 22.0. The van der Waals surface area contributed by atoms with Gasteiger partial charge in [0.15, 0.2) is 6.10 Å². The van der Waals surface area contributed by atoms with E-state index in [4.69, 9.17) is 18.5 Å². The normalized spacial score (nSPS) is 14.3. The number of ether oxygens (including phenoxy) is 2. The molecule has 0 fully saturated rings. The molecule has 0 saturated carbocycles. The highest BCUT2D eigenvalue weighted by atomic mass is 31.2. The summed E-state index contributed by atoms with van der Waals surface area (Å²) in [6.07, 6.45) is 41.1. The van der Waals surface area contributed by atoms with Crippen molar-refractivity contribution in [3.63, 3.8) is 0 Å². The molecule has 9 nitrogen and oxygen atoms in total. The fourth-order valence-electron chi connectivity index (χ4n) is 4.99. The fraction of sp³-hybridized carbons (Fsp3) is 0.721. The number of hydrogen-bond donors (Lipinski definition) is 0. The van der Waals surface area contributed by atoms with Crippen LogP contribution < -0.4 is 4.89 Å². The second-order valence-electron chi connectivity index (χ2n) is 14.6. The van der Waals surface area contributed by atoms with E-state index in [1.807, 2.05) is 27.2 Å². The summed E-state index contributed by atoms with van der Waals surface area (Å²) in [7, 11) is 1.12. The van der Waals surface area contributed by atoms with Crippen molar-refractivity contribution in [2.45, 2.75) is 155 Å². The van der Waals surface area contributed by atoms with Crippen molar-refractivity contribution in [1.29, 1.82) is 0 Å². The van der Waals surface area contributed by atoms with Crippen LogP contribution in [0, 0.1) is 0 Å². The first-order chi connectivity index (χ1) is 25.5. The van der Waals surface area contributed by atoms with E-state index in [9.17, 15) is 19.0 Å². The molecule has 10 heteroatoms. The molecular formula is C43H76NO8P. The molecule has 0 aromatic heterocycles. The van der Waals surface area contributed by atoms with Crippen LogP contribution in [-0.4, -0.2) is 70.0 Å². The molecule has 0 N–H and O–H groups in total. The first-order valence-electron chi connectivity index (χ1n) is 20.5. The summed E-state index contributed by atoms with van der Waals surface area (Å²) in [5.41, 5.74) is 0. The van der Waals surface area contributed by atoms with E-state index < -0.39 is 32.5 Å². The third kappa shape index (κ3) is 39.2. The zero-order chi connectivity index (χ0) is 39.3. The van der Waals surface area contributed by atoms with Crippen LogP contribution in [0.15, 0.2) is 60.8 Å². The minimum Gasteiger partial charge on any atom is -0.756 e. The molecule has 1 unspecified atom stereocenters. The molecule has 0 aliphatic heterocycles. The molecule has 0 spiro atoms. The van der Waals surface area contributed by atoms with Gasteiger partial charge in [-0.3, -0.25) is 14.2 Å². The summed E-state index contributed by atoms with van der Waals surface area (Å²) in [5, 5.41) is 0. The maximum absolute atomic E-state index is 12.6. The molecule has 0 aromatic carbocycles. The number of phosphoric ester groups is 1. The molecule has 0 amide bonds. The summed E-state index contributed by atoms with van der Waals surface area (Å²) in [6, 6.07) is 0. The summed E-state index contributed by atoms with van der Waals surface area (Å²) >= 11 is 0. The van der Waals surface area contributed by atoms with E-state index >= 15 is 0 Å². The lowest BCUT2D eigenvalue weighted by atomic mass is 10.1. The summed E-state index contributed by atoms with van der Waals surface area (Å²) in [5.74, 6) is -0.917. The van der Waals surface area contributed by atoms with Crippen molar-refractivity contribution in [3.8, 4) is 0 Å². The Hall–Kier alpha value is -2.29. The molecular weight excluding hydrogens is 689 g/mol. The molecule has 0 saturated heterocycles. The van der Waals surface area contributed by atoms with Crippen LogP contribution >= 0.6 is 7.82 Å². The molecule has 0 bridgehead atoms. The van der Waals surface area contributed by atoms with Crippen LogP contribution in [0.25, 0.3) is 0 Å². The molecule has 0 aromatic rings. The molecule has 53 heavy (non-hydrogen) atoms. The molecule has 306 valence electrons. The van der Waals surface area contributed by atoms with E-state index in [1.54, 1.807) is 0 Å². The first kappa shape index (κ1) is 50.7. The van der Waals surface area contributed by atoms with E-state index in [1.165, 1.54) is 44.9 Å². The number of rotatable bonds is 36. The Morgan fingerprint density at radius 2 is 1.04 bits per heavy atom. The molecule has 0 heterocycles. The van der Waals surface area contributed by atoms with Gasteiger partial charge in [0.1, 0.15) is 19.8 Å². The Balaban J connectivity index is 4.51. The van der Waals surface area contributed by atoms with Gasteiger partial charge in [0, 0.05) is 12.8 Å². The van der Waals surface area contributed by atoms with Crippen LogP contribution in [-0.2, 0) is 32.7 Å². The monoisotopic (exact) mass is 766 g/mol. The van der Waals surface area contributed by atoms with Crippen LogP contribution in [0.3, 0.4) is 0 Å². The SMILES string of the molecule is CCCCC/C=C/C/C=C/C/C=C/C/C=C/CCCC(=O)OC[C@@H](COP(=O)([O-])OCC[N+](C)(C)C)OC(=O)CCCCCCC/C=C/CCCCC. The van der Waals surface area contributed by atoms with Gasteiger partial charge in [0.05, 0.1) is 27.7 Å². The molecule has 2 atom stereocenters. The van der Waals surface area contributed by atoms with E-state index in [-0.39, 0.29) is 26.1 Å². The highest BCUT2D eigenvalue weighted by Gasteiger charge is 2.21. The maximum atomic E-state index is 12.6. The number of hydrogen-bond acceptors (Lipinski definition) is 8. The predicted octanol–water partition coefficient (Wildman–Crippen LogP) is 10.7. The largest absolute Gasteiger partial charge is 0.756 e. The second kappa shape index (κ2) is 35.4. The van der Waals surface area contributed by atoms with Crippen LogP contribution in [0.1, 0.15) is 149 Å². The van der Waals surface area contributed by atoms with Crippen molar-refractivity contribution >= 4 is 19.8 Å². The molecule has 0 rings (SSSR count). The van der Waals surface area contributed by atoms with E-state index in [0.717, 1.165) is 64.2 Å². The maximum Gasteiger partial charge on any atom is 0.306 e. The zero-order valence-corrected chi connectivity index (χ0v) is 35.1. The van der Waals surface area contributed by atoms with Crippen molar-refractivity contribution < 1.29 is 42.1 Å². The Kier molecular flexibility index (Phi) is 33.9. The zero-order valence-electron chi connectivity index (χ0n) is 34.2. The summed E-state index contributed by atoms with van der Waals surface area (Å²) in [6.45, 7) is 4.07. The standard InChI is InChI=1S/C43H76NO8P/c1-6-8-10-12-14-16-18-20-21-22-23-24-26-27-29-31-33-35-42(45)49-39-41(40-51-53(47,48)50-38-37-44(3,4)5)52-43(46)36-34-32-30-28-25-19-17-15-13-11-9-7-2/h14-17,20-21,23-24,27,29,41H,6-13,18-19,22,25-26,28,30-40H2,1-5H3/b16-14+,17-15+,21-20+,24-23+,29-27+/t41-/m0/s1. The number of nitrogens with zero attached hydrogens (tertiary/aromatic N) is 1. The van der Waals surface area contributed by atoms with Crippen molar-refractivity contribution in [2.75, 3.05) is 47.5 Å². The number of phosphoric acid groups is 1.